The summed E-state index contributed by atoms with van der Waals surface area (Å²) in [6.45, 7) is 10.3. The van der Waals surface area contributed by atoms with Gasteiger partial charge in [-0.2, -0.15) is 0 Å². The van der Waals surface area contributed by atoms with E-state index in [1.54, 1.807) is 12.4 Å². The van der Waals surface area contributed by atoms with Gasteiger partial charge in [0.05, 0.1) is 6.54 Å². The van der Waals surface area contributed by atoms with Crippen molar-refractivity contribution < 1.29 is 9.59 Å². The van der Waals surface area contributed by atoms with Crippen LogP contribution in [0.15, 0.2) is 48.8 Å². The monoisotopic (exact) mass is 394 g/mol. The van der Waals surface area contributed by atoms with Crippen LogP contribution in [0.4, 0.5) is 0 Å². The van der Waals surface area contributed by atoms with E-state index in [9.17, 15) is 9.59 Å². The van der Waals surface area contributed by atoms with Crippen molar-refractivity contribution in [3.05, 3.63) is 65.5 Å². The van der Waals surface area contributed by atoms with Crippen molar-refractivity contribution in [2.45, 2.75) is 32.7 Å². The van der Waals surface area contributed by atoms with E-state index >= 15 is 0 Å². The predicted octanol–water partition coefficient (Wildman–Crippen LogP) is 2.45. The zero-order valence-corrected chi connectivity index (χ0v) is 17.5. The number of nitrogens with zero attached hydrogens (tertiary/aromatic N) is 3. The van der Waals surface area contributed by atoms with E-state index in [4.69, 9.17) is 0 Å². The Morgan fingerprint density at radius 3 is 2.17 bits per heavy atom. The van der Waals surface area contributed by atoms with Crippen LogP contribution in [0.3, 0.4) is 0 Å². The van der Waals surface area contributed by atoms with Crippen LogP contribution < -0.4 is 5.32 Å². The zero-order chi connectivity index (χ0) is 20.9. The number of hydrogen-bond donors (Lipinski definition) is 1. The molecule has 0 aliphatic carbocycles. The van der Waals surface area contributed by atoms with E-state index in [2.05, 4.69) is 36.0 Å². The van der Waals surface area contributed by atoms with E-state index in [1.165, 1.54) is 11.1 Å². The third-order valence-corrected chi connectivity index (χ3v) is 5.29. The lowest BCUT2D eigenvalue weighted by Crippen LogP contribution is -2.50. The first-order valence-electron chi connectivity index (χ1n) is 10.1. The summed E-state index contributed by atoms with van der Waals surface area (Å²) in [7, 11) is 0. The molecular formula is C23H30N4O2. The van der Waals surface area contributed by atoms with Crippen molar-refractivity contribution in [2.24, 2.45) is 0 Å². The van der Waals surface area contributed by atoms with Gasteiger partial charge in [-0.3, -0.25) is 19.5 Å². The number of rotatable bonds is 5. The molecule has 6 heteroatoms. The van der Waals surface area contributed by atoms with Crippen LogP contribution in [0, 0.1) is 0 Å². The molecule has 0 saturated carbocycles. The molecule has 0 radical (unpaired) electrons. The number of carbonyl (C=O) groups excluding carboxylic acids is 2. The van der Waals surface area contributed by atoms with Gasteiger partial charge in [0, 0.05) is 50.7 Å². The molecular weight excluding hydrogens is 364 g/mol. The van der Waals surface area contributed by atoms with E-state index in [-0.39, 0.29) is 23.8 Å². The number of hydrogen-bond acceptors (Lipinski definition) is 4. The van der Waals surface area contributed by atoms with Gasteiger partial charge in [0.1, 0.15) is 0 Å². The maximum atomic E-state index is 12.5. The lowest BCUT2D eigenvalue weighted by atomic mass is 9.87. The van der Waals surface area contributed by atoms with Crippen molar-refractivity contribution in [3.8, 4) is 0 Å². The standard InChI is InChI=1S/C23H30N4O2/c1-23(2,3)20-6-4-19(5-7-20)22(29)25-16-21(28)27-14-12-26(13-15-27)17-18-8-10-24-11-9-18/h4-11H,12-17H2,1-3H3,(H,25,29). The van der Waals surface area contributed by atoms with Gasteiger partial charge >= 0.3 is 0 Å². The fourth-order valence-electron chi connectivity index (χ4n) is 3.39. The molecule has 29 heavy (non-hydrogen) atoms. The summed E-state index contributed by atoms with van der Waals surface area (Å²) in [6.07, 6.45) is 3.60. The topological polar surface area (TPSA) is 65.5 Å². The fraction of sp³-hybridized carbons (Fsp3) is 0.435. The number of aromatic nitrogens is 1. The summed E-state index contributed by atoms with van der Waals surface area (Å²) in [5.41, 5.74) is 3.03. The second-order valence-electron chi connectivity index (χ2n) is 8.52. The largest absolute Gasteiger partial charge is 0.343 e. The molecule has 0 atom stereocenters. The highest BCUT2D eigenvalue weighted by molar-refractivity contribution is 5.96. The van der Waals surface area contributed by atoms with Gasteiger partial charge in [0.2, 0.25) is 5.91 Å². The number of nitrogens with one attached hydrogen (secondary N) is 1. The summed E-state index contributed by atoms with van der Waals surface area (Å²) in [5.74, 6) is -0.247. The molecule has 1 fully saturated rings. The molecule has 1 aromatic carbocycles. The lowest BCUT2D eigenvalue weighted by molar-refractivity contribution is -0.131. The lowest BCUT2D eigenvalue weighted by Gasteiger charge is -2.34. The Kier molecular flexibility index (Phi) is 6.64. The molecule has 1 aromatic heterocycles. The quantitative estimate of drug-likeness (QED) is 0.846. The van der Waals surface area contributed by atoms with Crippen molar-refractivity contribution >= 4 is 11.8 Å². The fourth-order valence-corrected chi connectivity index (χ4v) is 3.39. The molecule has 0 unspecified atom stereocenters. The summed E-state index contributed by atoms with van der Waals surface area (Å²) >= 11 is 0. The van der Waals surface area contributed by atoms with Crippen LogP contribution >= 0.6 is 0 Å². The van der Waals surface area contributed by atoms with Gasteiger partial charge in [-0.25, -0.2) is 0 Å². The highest BCUT2D eigenvalue weighted by Crippen LogP contribution is 2.22. The molecule has 2 aromatic rings. The average Bonchev–Trinajstić information content (AvgIpc) is 2.72. The van der Waals surface area contributed by atoms with Crippen molar-refractivity contribution in [1.29, 1.82) is 0 Å². The first-order valence-corrected chi connectivity index (χ1v) is 10.1. The van der Waals surface area contributed by atoms with Gasteiger partial charge in [-0.1, -0.05) is 32.9 Å². The highest BCUT2D eigenvalue weighted by atomic mass is 16.2. The van der Waals surface area contributed by atoms with Gasteiger partial charge in [-0.05, 0) is 40.8 Å². The second kappa shape index (κ2) is 9.18. The molecule has 1 saturated heterocycles. The molecule has 1 aliphatic heterocycles. The van der Waals surface area contributed by atoms with E-state index in [1.807, 2.05) is 41.3 Å². The predicted molar refractivity (Wildman–Crippen MR) is 114 cm³/mol. The molecule has 2 heterocycles. The Labute approximate surface area is 172 Å². The van der Waals surface area contributed by atoms with Crippen LogP contribution in [-0.2, 0) is 16.8 Å². The average molecular weight is 395 g/mol. The number of pyridine rings is 1. The molecule has 1 aliphatic rings. The molecule has 6 nitrogen and oxygen atoms in total. The van der Waals surface area contributed by atoms with Crippen LogP contribution in [0.25, 0.3) is 0 Å². The van der Waals surface area contributed by atoms with Gasteiger partial charge < -0.3 is 10.2 Å². The van der Waals surface area contributed by atoms with Crippen molar-refractivity contribution in [2.75, 3.05) is 32.7 Å². The molecule has 154 valence electrons. The highest BCUT2D eigenvalue weighted by Gasteiger charge is 2.21. The zero-order valence-electron chi connectivity index (χ0n) is 17.5. The minimum Gasteiger partial charge on any atom is -0.343 e. The Balaban J connectivity index is 1.43. The number of carbonyl (C=O) groups is 2. The van der Waals surface area contributed by atoms with E-state index in [0.29, 0.717) is 18.7 Å². The molecule has 1 N–H and O–H groups in total. The van der Waals surface area contributed by atoms with Crippen molar-refractivity contribution in [3.63, 3.8) is 0 Å². The number of piperazine rings is 1. The van der Waals surface area contributed by atoms with E-state index < -0.39 is 0 Å². The summed E-state index contributed by atoms with van der Waals surface area (Å²) in [6, 6.07) is 11.6. The molecule has 0 bridgehead atoms. The number of benzene rings is 1. The summed E-state index contributed by atoms with van der Waals surface area (Å²) in [4.78, 5) is 33.0. The SMILES string of the molecule is CC(C)(C)c1ccc(C(=O)NCC(=O)N2CCN(Cc3ccncc3)CC2)cc1. The Hall–Kier alpha value is -2.73. The third-order valence-electron chi connectivity index (χ3n) is 5.29. The smallest absolute Gasteiger partial charge is 0.251 e. The maximum Gasteiger partial charge on any atom is 0.251 e. The second-order valence-corrected chi connectivity index (χ2v) is 8.52. The Morgan fingerprint density at radius 1 is 0.966 bits per heavy atom. The first-order chi connectivity index (χ1) is 13.8. The first kappa shape index (κ1) is 21.0. The minimum absolute atomic E-state index is 0.0320. The normalized spacial score (nSPS) is 15.2. The van der Waals surface area contributed by atoms with Crippen molar-refractivity contribution in [1.82, 2.24) is 20.1 Å². The van der Waals surface area contributed by atoms with Gasteiger partial charge in [-0.15, -0.1) is 0 Å². The summed E-state index contributed by atoms with van der Waals surface area (Å²) in [5, 5.41) is 2.75. The van der Waals surface area contributed by atoms with Crippen LogP contribution in [0.2, 0.25) is 0 Å². The van der Waals surface area contributed by atoms with Crippen LogP contribution in [0.1, 0.15) is 42.3 Å². The third kappa shape index (κ3) is 5.87. The molecule has 2 amide bonds. The van der Waals surface area contributed by atoms with Gasteiger partial charge in [0.15, 0.2) is 0 Å². The maximum absolute atomic E-state index is 12.5. The summed E-state index contributed by atoms with van der Waals surface area (Å²) < 4.78 is 0. The Bertz CT molecular complexity index is 820. The van der Waals surface area contributed by atoms with Crippen LogP contribution in [0.5, 0.6) is 0 Å². The van der Waals surface area contributed by atoms with Gasteiger partial charge in [0.25, 0.3) is 5.91 Å². The number of amides is 2. The Morgan fingerprint density at radius 2 is 1.59 bits per heavy atom. The molecule has 3 rings (SSSR count). The minimum atomic E-state index is -0.213. The van der Waals surface area contributed by atoms with Crippen LogP contribution in [-0.4, -0.2) is 59.3 Å². The molecule has 0 spiro atoms. The van der Waals surface area contributed by atoms with E-state index in [0.717, 1.165) is 19.6 Å².